The molecule has 1 saturated heterocycles. The lowest BCUT2D eigenvalue weighted by Crippen LogP contribution is -2.47. The number of para-hydroxylation sites is 2. The van der Waals surface area contributed by atoms with Gasteiger partial charge in [-0.15, -0.1) is 0 Å². The second kappa shape index (κ2) is 8.84. The lowest BCUT2D eigenvalue weighted by molar-refractivity contribution is 0.601. The molecule has 0 bridgehead atoms. The van der Waals surface area contributed by atoms with Crippen molar-refractivity contribution in [1.82, 2.24) is 15.0 Å². The van der Waals surface area contributed by atoms with Gasteiger partial charge in [0.1, 0.15) is 5.82 Å². The van der Waals surface area contributed by atoms with Gasteiger partial charge in [0.05, 0.1) is 15.9 Å². The predicted molar refractivity (Wildman–Crippen MR) is 130 cm³/mol. The van der Waals surface area contributed by atoms with Gasteiger partial charge in [0.2, 0.25) is 0 Å². The van der Waals surface area contributed by atoms with Crippen LogP contribution >= 0.6 is 11.6 Å². The van der Waals surface area contributed by atoms with E-state index in [0.29, 0.717) is 35.0 Å². The molecule has 1 N–H and O–H groups in total. The average Bonchev–Trinajstić information content (AvgIpc) is 2.84. The Morgan fingerprint density at radius 3 is 2.09 bits per heavy atom. The van der Waals surface area contributed by atoms with Gasteiger partial charge in [-0.1, -0.05) is 29.8 Å². The fraction of sp³-hybridized carbons (Fsp3) is 0.174. The molecule has 8 nitrogen and oxygen atoms in total. The molecule has 0 amide bonds. The minimum Gasteiger partial charge on any atom is -0.353 e. The number of piperazine rings is 1. The number of anilines is 3. The Labute approximate surface area is 196 Å². The van der Waals surface area contributed by atoms with Crippen molar-refractivity contribution in [2.45, 2.75) is 4.90 Å². The molecule has 0 atom stereocenters. The highest BCUT2D eigenvalue weighted by atomic mass is 35.5. The summed E-state index contributed by atoms with van der Waals surface area (Å²) in [4.78, 5) is 18.2. The summed E-state index contributed by atoms with van der Waals surface area (Å²) in [7, 11) is -3.87. The van der Waals surface area contributed by atoms with E-state index in [9.17, 15) is 8.42 Å². The quantitative estimate of drug-likeness (QED) is 0.464. The molecule has 168 valence electrons. The summed E-state index contributed by atoms with van der Waals surface area (Å²) >= 11 is 5.92. The van der Waals surface area contributed by atoms with Crippen LogP contribution in [0.1, 0.15) is 0 Å². The molecule has 5 rings (SSSR count). The van der Waals surface area contributed by atoms with Gasteiger partial charge in [-0.2, -0.15) is 0 Å². The van der Waals surface area contributed by atoms with Gasteiger partial charge in [0, 0.05) is 37.4 Å². The van der Waals surface area contributed by atoms with E-state index in [1.54, 1.807) is 18.3 Å². The molecule has 1 fully saturated rings. The zero-order chi connectivity index (χ0) is 22.8. The first-order valence-electron chi connectivity index (χ1n) is 10.5. The molecule has 1 aliphatic rings. The van der Waals surface area contributed by atoms with Crippen molar-refractivity contribution in [3.63, 3.8) is 0 Å². The van der Waals surface area contributed by atoms with Crippen LogP contribution < -0.4 is 14.5 Å². The van der Waals surface area contributed by atoms with E-state index >= 15 is 0 Å². The lowest BCUT2D eigenvalue weighted by Gasteiger charge is -2.36. The molecule has 0 unspecified atom stereocenters. The van der Waals surface area contributed by atoms with E-state index < -0.39 is 10.0 Å². The Bertz CT molecular complexity index is 1380. The minimum absolute atomic E-state index is 0.104. The molecular formula is C23H21ClN6O2S. The van der Waals surface area contributed by atoms with Crippen molar-refractivity contribution in [3.8, 4) is 0 Å². The van der Waals surface area contributed by atoms with Gasteiger partial charge in [-0.05, 0) is 48.5 Å². The molecule has 2 aromatic carbocycles. The van der Waals surface area contributed by atoms with Crippen LogP contribution in [-0.4, -0.2) is 49.5 Å². The standard InChI is InChI=1S/C23H21ClN6O2S/c24-17-8-10-18(11-9-17)33(31,32)28-22-23(27-20-6-2-1-5-19(20)26-22)30-15-13-29(14-16-30)21-7-3-4-12-25-21/h1-12H,13-16H2,(H,26,28). The number of rotatable bonds is 5. The highest BCUT2D eigenvalue weighted by Gasteiger charge is 2.25. The minimum atomic E-state index is -3.87. The Morgan fingerprint density at radius 2 is 1.42 bits per heavy atom. The van der Waals surface area contributed by atoms with Gasteiger partial charge in [0.15, 0.2) is 11.6 Å². The highest BCUT2D eigenvalue weighted by Crippen LogP contribution is 2.29. The smallest absolute Gasteiger partial charge is 0.263 e. The third kappa shape index (κ3) is 4.55. The second-order valence-electron chi connectivity index (χ2n) is 7.61. The summed E-state index contributed by atoms with van der Waals surface area (Å²) < 4.78 is 28.8. The molecule has 0 aliphatic carbocycles. The lowest BCUT2D eigenvalue weighted by atomic mass is 10.2. The highest BCUT2D eigenvalue weighted by molar-refractivity contribution is 7.92. The zero-order valence-corrected chi connectivity index (χ0v) is 19.2. The first kappa shape index (κ1) is 21.4. The van der Waals surface area contributed by atoms with Gasteiger partial charge in [-0.3, -0.25) is 4.72 Å². The van der Waals surface area contributed by atoms with Gasteiger partial charge >= 0.3 is 0 Å². The second-order valence-corrected chi connectivity index (χ2v) is 9.72. The van der Waals surface area contributed by atoms with Crippen LogP contribution in [0.15, 0.2) is 77.8 Å². The normalized spacial score (nSPS) is 14.5. The van der Waals surface area contributed by atoms with Gasteiger partial charge in [0.25, 0.3) is 10.0 Å². The molecule has 0 radical (unpaired) electrons. The number of halogens is 1. The Balaban J connectivity index is 1.47. The SMILES string of the molecule is O=S(=O)(Nc1nc2ccccc2nc1N1CCN(c2ccccn2)CC1)c1ccc(Cl)cc1. The van der Waals surface area contributed by atoms with Crippen molar-refractivity contribution in [2.24, 2.45) is 0 Å². The van der Waals surface area contributed by atoms with Crippen LogP contribution in [0.2, 0.25) is 5.02 Å². The monoisotopic (exact) mass is 480 g/mol. The van der Waals surface area contributed by atoms with E-state index in [-0.39, 0.29) is 10.7 Å². The van der Waals surface area contributed by atoms with Crippen molar-refractivity contribution in [2.75, 3.05) is 40.7 Å². The van der Waals surface area contributed by atoms with Crippen LogP contribution in [0.4, 0.5) is 17.5 Å². The van der Waals surface area contributed by atoms with Crippen molar-refractivity contribution < 1.29 is 8.42 Å². The van der Waals surface area contributed by atoms with Crippen LogP contribution in [0.25, 0.3) is 11.0 Å². The molecule has 33 heavy (non-hydrogen) atoms. The van der Waals surface area contributed by atoms with Crippen molar-refractivity contribution in [1.29, 1.82) is 0 Å². The fourth-order valence-electron chi connectivity index (χ4n) is 3.77. The van der Waals surface area contributed by atoms with Gasteiger partial charge in [-0.25, -0.2) is 23.4 Å². The maximum absolute atomic E-state index is 13.1. The summed E-state index contributed by atoms with van der Waals surface area (Å²) in [6.07, 6.45) is 1.78. The molecule has 4 aromatic rings. The Morgan fingerprint density at radius 1 is 0.788 bits per heavy atom. The number of hydrogen-bond donors (Lipinski definition) is 1. The van der Waals surface area contributed by atoms with E-state index in [2.05, 4.69) is 24.5 Å². The maximum atomic E-state index is 13.1. The van der Waals surface area contributed by atoms with Crippen LogP contribution in [0, 0.1) is 0 Å². The number of nitrogens with zero attached hydrogens (tertiary/aromatic N) is 5. The van der Waals surface area contributed by atoms with Crippen LogP contribution in [0.3, 0.4) is 0 Å². The number of benzene rings is 2. The number of nitrogens with one attached hydrogen (secondary N) is 1. The molecular weight excluding hydrogens is 460 g/mol. The Kier molecular flexibility index (Phi) is 5.74. The van der Waals surface area contributed by atoms with E-state index in [0.717, 1.165) is 18.9 Å². The molecule has 0 spiro atoms. The molecule has 10 heteroatoms. The number of aromatic nitrogens is 3. The third-order valence-corrected chi connectivity index (χ3v) is 7.07. The third-order valence-electron chi connectivity index (χ3n) is 5.46. The van der Waals surface area contributed by atoms with Crippen LogP contribution in [-0.2, 0) is 10.0 Å². The number of fused-ring (bicyclic) bond motifs is 1. The number of pyridine rings is 1. The largest absolute Gasteiger partial charge is 0.353 e. The molecule has 1 aliphatic heterocycles. The summed E-state index contributed by atoms with van der Waals surface area (Å²) in [5.74, 6) is 1.63. The summed E-state index contributed by atoms with van der Waals surface area (Å²) in [5.41, 5.74) is 1.32. The topological polar surface area (TPSA) is 91.3 Å². The maximum Gasteiger partial charge on any atom is 0.263 e. The van der Waals surface area contributed by atoms with E-state index in [1.807, 2.05) is 42.5 Å². The first-order valence-corrected chi connectivity index (χ1v) is 12.3. The van der Waals surface area contributed by atoms with E-state index in [4.69, 9.17) is 16.6 Å². The molecule has 0 saturated carbocycles. The van der Waals surface area contributed by atoms with Crippen molar-refractivity contribution in [3.05, 3.63) is 77.9 Å². The number of hydrogen-bond acceptors (Lipinski definition) is 7. The summed E-state index contributed by atoms with van der Waals surface area (Å²) in [5, 5.41) is 0.464. The summed E-state index contributed by atoms with van der Waals surface area (Å²) in [6.45, 7) is 2.77. The molecule has 2 aromatic heterocycles. The van der Waals surface area contributed by atoms with Gasteiger partial charge < -0.3 is 9.80 Å². The fourth-order valence-corrected chi connectivity index (χ4v) is 4.90. The average molecular weight is 481 g/mol. The molecule has 3 heterocycles. The first-order chi connectivity index (χ1) is 16.0. The van der Waals surface area contributed by atoms with E-state index in [1.165, 1.54) is 12.1 Å². The number of sulfonamides is 1. The Hall–Kier alpha value is -3.43. The zero-order valence-electron chi connectivity index (χ0n) is 17.6. The van der Waals surface area contributed by atoms with Crippen LogP contribution in [0.5, 0.6) is 0 Å². The van der Waals surface area contributed by atoms with Crippen molar-refractivity contribution >= 4 is 50.1 Å². The summed E-state index contributed by atoms with van der Waals surface area (Å²) in [6, 6.07) is 19.3. The predicted octanol–water partition coefficient (Wildman–Crippen LogP) is 3.81.